The number of benzene rings is 1. The van der Waals surface area contributed by atoms with E-state index in [2.05, 4.69) is 12.2 Å². The molecule has 106 valence electrons. The predicted octanol–water partition coefficient (Wildman–Crippen LogP) is 1.92. The molecule has 19 heavy (non-hydrogen) atoms. The van der Waals surface area contributed by atoms with Crippen molar-refractivity contribution in [3.05, 3.63) is 35.6 Å². The molecule has 0 aromatic heterocycles. The molecule has 1 unspecified atom stereocenters. The van der Waals surface area contributed by atoms with Crippen molar-refractivity contribution in [3.8, 4) is 0 Å². The van der Waals surface area contributed by atoms with Crippen LogP contribution in [0.25, 0.3) is 0 Å². The van der Waals surface area contributed by atoms with Crippen molar-refractivity contribution in [1.29, 1.82) is 0 Å². The van der Waals surface area contributed by atoms with E-state index in [-0.39, 0.29) is 29.4 Å². The van der Waals surface area contributed by atoms with Gasteiger partial charge in [-0.15, -0.1) is 0 Å². The van der Waals surface area contributed by atoms with Crippen molar-refractivity contribution in [2.24, 2.45) is 0 Å². The fraction of sp³-hybridized carbons (Fsp3) is 0.571. The lowest BCUT2D eigenvalue weighted by molar-refractivity contribution is 0.411. The van der Waals surface area contributed by atoms with E-state index in [0.717, 1.165) is 12.0 Å². The van der Waals surface area contributed by atoms with Gasteiger partial charge in [-0.25, -0.2) is 12.8 Å². The van der Waals surface area contributed by atoms with Gasteiger partial charge in [-0.2, -0.15) is 0 Å². The standard InChI is InChI=1S/C14H20FNO2S/c1-11(10-12-2-4-13(15)5-3-12)16-14-6-8-19(17,18)9-7-14/h2-5,11,14,16H,6-10H2,1H3. The molecular formula is C14H20FNO2S. The van der Waals surface area contributed by atoms with E-state index in [0.29, 0.717) is 12.8 Å². The molecule has 0 spiro atoms. The zero-order valence-corrected chi connectivity index (χ0v) is 11.9. The Balaban J connectivity index is 1.81. The third kappa shape index (κ3) is 4.58. The maximum Gasteiger partial charge on any atom is 0.150 e. The minimum atomic E-state index is -2.80. The number of nitrogens with one attached hydrogen (secondary N) is 1. The fourth-order valence-electron chi connectivity index (χ4n) is 2.49. The normalized spacial score (nSPS) is 21.2. The minimum Gasteiger partial charge on any atom is -0.311 e. The van der Waals surface area contributed by atoms with Gasteiger partial charge in [0.25, 0.3) is 0 Å². The molecule has 1 atom stereocenters. The molecule has 2 rings (SSSR count). The molecule has 1 heterocycles. The molecule has 5 heteroatoms. The van der Waals surface area contributed by atoms with Crippen LogP contribution in [-0.2, 0) is 16.3 Å². The van der Waals surface area contributed by atoms with Crippen LogP contribution >= 0.6 is 0 Å². The van der Waals surface area contributed by atoms with E-state index >= 15 is 0 Å². The van der Waals surface area contributed by atoms with Gasteiger partial charge in [-0.3, -0.25) is 0 Å². The van der Waals surface area contributed by atoms with E-state index in [9.17, 15) is 12.8 Å². The summed E-state index contributed by atoms with van der Waals surface area (Å²) in [5.74, 6) is 0.351. The summed E-state index contributed by atoms with van der Waals surface area (Å²) >= 11 is 0. The number of rotatable bonds is 4. The lowest BCUT2D eigenvalue weighted by Crippen LogP contribution is -2.42. The lowest BCUT2D eigenvalue weighted by Gasteiger charge is -2.26. The summed E-state index contributed by atoms with van der Waals surface area (Å²) in [5.41, 5.74) is 1.09. The van der Waals surface area contributed by atoms with Gasteiger partial charge in [0, 0.05) is 12.1 Å². The summed E-state index contributed by atoms with van der Waals surface area (Å²) in [6.45, 7) is 2.08. The molecule has 0 amide bonds. The second kappa shape index (κ2) is 6.01. The van der Waals surface area contributed by atoms with Gasteiger partial charge in [0.05, 0.1) is 11.5 Å². The summed E-state index contributed by atoms with van der Waals surface area (Å²) in [5, 5.41) is 3.46. The van der Waals surface area contributed by atoms with Crippen molar-refractivity contribution in [2.45, 2.75) is 38.3 Å². The number of sulfone groups is 1. The summed E-state index contributed by atoms with van der Waals surface area (Å²) in [6, 6.07) is 7.05. The molecule has 0 saturated carbocycles. The van der Waals surface area contributed by atoms with E-state index in [1.54, 1.807) is 12.1 Å². The fourth-order valence-corrected chi connectivity index (χ4v) is 3.98. The summed E-state index contributed by atoms with van der Waals surface area (Å²) < 4.78 is 35.5. The van der Waals surface area contributed by atoms with Crippen molar-refractivity contribution in [1.82, 2.24) is 5.32 Å². The predicted molar refractivity (Wildman–Crippen MR) is 74.4 cm³/mol. The Labute approximate surface area is 114 Å². The molecule has 0 radical (unpaired) electrons. The van der Waals surface area contributed by atoms with E-state index in [4.69, 9.17) is 0 Å². The number of hydrogen-bond acceptors (Lipinski definition) is 3. The molecule has 1 fully saturated rings. The molecule has 1 aliphatic rings. The highest BCUT2D eigenvalue weighted by atomic mass is 32.2. The van der Waals surface area contributed by atoms with Crippen LogP contribution in [0.3, 0.4) is 0 Å². The molecular weight excluding hydrogens is 265 g/mol. The molecule has 1 aromatic rings. The van der Waals surface area contributed by atoms with Gasteiger partial charge >= 0.3 is 0 Å². The Morgan fingerprint density at radius 2 is 1.84 bits per heavy atom. The largest absolute Gasteiger partial charge is 0.311 e. The van der Waals surface area contributed by atoms with E-state index in [1.165, 1.54) is 12.1 Å². The maximum atomic E-state index is 12.8. The molecule has 1 saturated heterocycles. The van der Waals surface area contributed by atoms with Crippen LogP contribution in [0.4, 0.5) is 4.39 Å². The highest BCUT2D eigenvalue weighted by molar-refractivity contribution is 7.91. The second-order valence-electron chi connectivity index (χ2n) is 5.32. The van der Waals surface area contributed by atoms with Gasteiger partial charge in [-0.05, 0) is 43.9 Å². The van der Waals surface area contributed by atoms with E-state index < -0.39 is 9.84 Å². The van der Waals surface area contributed by atoms with Gasteiger partial charge in [-0.1, -0.05) is 12.1 Å². The monoisotopic (exact) mass is 285 g/mol. The molecule has 3 nitrogen and oxygen atoms in total. The van der Waals surface area contributed by atoms with E-state index in [1.807, 2.05) is 0 Å². The van der Waals surface area contributed by atoms with Gasteiger partial charge in [0.2, 0.25) is 0 Å². The highest BCUT2D eigenvalue weighted by Gasteiger charge is 2.24. The first-order valence-electron chi connectivity index (χ1n) is 6.65. The van der Waals surface area contributed by atoms with Crippen molar-refractivity contribution >= 4 is 9.84 Å². The number of hydrogen-bond donors (Lipinski definition) is 1. The highest BCUT2D eigenvalue weighted by Crippen LogP contribution is 2.14. The van der Waals surface area contributed by atoms with Crippen LogP contribution in [0.5, 0.6) is 0 Å². The van der Waals surface area contributed by atoms with Crippen LogP contribution in [0.15, 0.2) is 24.3 Å². The second-order valence-corrected chi connectivity index (χ2v) is 7.63. The van der Waals surface area contributed by atoms with Gasteiger partial charge < -0.3 is 5.32 Å². The van der Waals surface area contributed by atoms with Crippen LogP contribution < -0.4 is 5.32 Å². The Bertz CT molecular complexity index is 499. The Morgan fingerprint density at radius 3 is 2.42 bits per heavy atom. The van der Waals surface area contributed by atoms with Crippen LogP contribution in [0, 0.1) is 5.82 Å². The first-order chi connectivity index (χ1) is 8.94. The summed E-state index contributed by atoms with van der Waals surface area (Å²) in [7, 11) is -2.80. The Hall–Kier alpha value is -0.940. The minimum absolute atomic E-state index is 0.221. The quantitative estimate of drug-likeness (QED) is 0.919. The van der Waals surface area contributed by atoms with Crippen LogP contribution in [0.2, 0.25) is 0 Å². The smallest absolute Gasteiger partial charge is 0.150 e. The van der Waals surface area contributed by atoms with Gasteiger partial charge in [0.1, 0.15) is 15.7 Å². The van der Waals surface area contributed by atoms with Crippen molar-refractivity contribution in [3.63, 3.8) is 0 Å². The topological polar surface area (TPSA) is 46.2 Å². The van der Waals surface area contributed by atoms with Crippen molar-refractivity contribution in [2.75, 3.05) is 11.5 Å². The molecule has 0 bridgehead atoms. The van der Waals surface area contributed by atoms with Crippen LogP contribution in [-0.4, -0.2) is 32.0 Å². The maximum absolute atomic E-state index is 12.8. The molecule has 1 aliphatic heterocycles. The molecule has 1 N–H and O–H groups in total. The first-order valence-corrected chi connectivity index (χ1v) is 8.48. The third-order valence-electron chi connectivity index (χ3n) is 3.53. The van der Waals surface area contributed by atoms with Crippen LogP contribution in [0.1, 0.15) is 25.3 Å². The average Bonchev–Trinajstić information content (AvgIpc) is 2.35. The lowest BCUT2D eigenvalue weighted by atomic mass is 10.0. The third-order valence-corrected chi connectivity index (χ3v) is 5.25. The molecule has 0 aliphatic carbocycles. The van der Waals surface area contributed by atoms with Gasteiger partial charge in [0.15, 0.2) is 0 Å². The van der Waals surface area contributed by atoms with Crippen molar-refractivity contribution < 1.29 is 12.8 Å². The first kappa shape index (κ1) is 14.5. The average molecular weight is 285 g/mol. The zero-order chi connectivity index (χ0) is 13.9. The molecule has 1 aromatic carbocycles. The Kier molecular flexibility index (Phi) is 4.58. The summed E-state index contributed by atoms with van der Waals surface area (Å²) in [6.07, 6.45) is 2.20. The summed E-state index contributed by atoms with van der Waals surface area (Å²) in [4.78, 5) is 0. The number of halogens is 1. The SMILES string of the molecule is CC(Cc1ccc(F)cc1)NC1CCS(=O)(=O)CC1. The Morgan fingerprint density at radius 1 is 1.26 bits per heavy atom. The zero-order valence-electron chi connectivity index (χ0n) is 11.1.